The molecule has 0 aliphatic rings. The van der Waals surface area contributed by atoms with Gasteiger partial charge in [-0.1, -0.05) is 18.2 Å². The molecule has 6 nitrogen and oxygen atoms in total. The summed E-state index contributed by atoms with van der Waals surface area (Å²) in [6, 6.07) is 8.87. The van der Waals surface area contributed by atoms with E-state index < -0.39 is 5.97 Å². The molecular formula is C15H17N3O3. The molecular weight excluding hydrogens is 270 g/mol. The van der Waals surface area contributed by atoms with Crippen molar-refractivity contribution in [2.45, 2.75) is 0 Å². The third-order valence-corrected chi connectivity index (χ3v) is 3.17. The van der Waals surface area contributed by atoms with E-state index in [1.54, 1.807) is 32.1 Å². The molecule has 0 saturated carbocycles. The molecule has 0 saturated heterocycles. The van der Waals surface area contributed by atoms with E-state index in [1.807, 2.05) is 24.3 Å². The Morgan fingerprint density at radius 2 is 1.86 bits per heavy atom. The summed E-state index contributed by atoms with van der Waals surface area (Å²) in [5.41, 5.74) is 0.782. The van der Waals surface area contributed by atoms with Crippen LogP contribution in [0, 0.1) is 0 Å². The lowest BCUT2D eigenvalue weighted by atomic mass is 10.1. The van der Waals surface area contributed by atoms with Crippen molar-refractivity contribution in [1.82, 2.24) is 9.88 Å². The Hall–Kier alpha value is -2.63. The second kappa shape index (κ2) is 5.78. The molecule has 0 bridgehead atoms. The largest absolute Gasteiger partial charge is 0.478 e. The zero-order chi connectivity index (χ0) is 15.6. The molecule has 110 valence electrons. The van der Waals surface area contributed by atoms with Gasteiger partial charge in [-0.05, 0) is 12.1 Å². The van der Waals surface area contributed by atoms with Crippen molar-refractivity contribution in [1.29, 1.82) is 0 Å². The zero-order valence-corrected chi connectivity index (χ0v) is 12.2. The number of aromatic nitrogens is 1. The molecule has 1 heterocycles. The first-order valence-electron chi connectivity index (χ1n) is 6.44. The fourth-order valence-electron chi connectivity index (χ4n) is 1.97. The molecule has 1 amide bonds. The van der Waals surface area contributed by atoms with Crippen molar-refractivity contribution in [2.75, 3.05) is 32.6 Å². The first kappa shape index (κ1) is 14.8. The van der Waals surface area contributed by atoms with Gasteiger partial charge in [0.2, 0.25) is 5.91 Å². The quantitative estimate of drug-likeness (QED) is 0.921. The van der Waals surface area contributed by atoms with Crippen LogP contribution in [0.5, 0.6) is 0 Å². The molecule has 21 heavy (non-hydrogen) atoms. The minimum absolute atomic E-state index is 0.0681. The number of nitrogens with zero attached hydrogens (tertiary/aromatic N) is 3. The minimum atomic E-state index is -1.06. The van der Waals surface area contributed by atoms with E-state index in [9.17, 15) is 14.7 Å². The molecule has 1 N–H and O–H groups in total. The number of hydrogen-bond donors (Lipinski definition) is 1. The highest BCUT2D eigenvalue weighted by atomic mass is 16.4. The number of benzene rings is 1. The predicted octanol–water partition coefficient (Wildman–Crippen LogP) is 1.46. The number of likely N-dealkylation sites (N-methyl/N-ethyl adjacent to an activating group) is 2. The van der Waals surface area contributed by atoms with Gasteiger partial charge in [0.1, 0.15) is 11.4 Å². The van der Waals surface area contributed by atoms with Crippen LogP contribution < -0.4 is 4.90 Å². The average molecular weight is 287 g/mol. The molecule has 2 aromatic rings. The van der Waals surface area contributed by atoms with Crippen LogP contribution in [0.1, 0.15) is 10.4 Å². The smallest absolute Gasteiger partial charge is 0.339 e. The number of carboxylic acids is 1. The maximum absolute atomic E-state index is 11.8. The van der Waals surface area contributed by atoms with Crippen LogP contribution in [-0.4, -0.2) is 54.6 Å². The highest BCUT2D eigenvalue weighted by Crippen LogP contribution is 2.23. The number of fused-ring (bicyclic) bond motifs is 1. The van der Waals surface area contributed by atoms with Gasteiger partial charge in [-0.15, -0.1) is 0 Å². The number of rotatable bonds is 4. The fourth-order valence-corrected chi connectivity index (χ4v) is 1.97. The van der Waals surface area contributed by atoms with Crippen LogP contribution in [0.2, 0.25) is 0 Å². The molecule has 0 radical (unpaired) electrons. The molecule has 1 aromatic heterocycles. The van der Waals surface area contributed by atoms with Crippen LogP contribution in [0.25, 0.3) is 10.9 Å². The summed E-state index contributed by atoms with van der Waals surface area (Å²) in [7, 11) is 4.97. The lowest BCUT2D eigenvalue weighted by molar-refractivity contribution is -0.127. The monoisotopic (exact) mass is 287 g/mol. The first-order valence-corrected chi connectivity index (χ1v) is 6.44. The lowest BCUT2D eigenvalue weighted by Gasteiger charge is -2.21. The maximum atomic E-state index is 11.8. The minimum Gasteiger partial charge on any atom is -0.478 e. The van der Waals surface area contributed by atoms with E-state index in [4.69, 9.17) is 0 Å². The van der Waals surface area contributed by atoms with Crippen molar-refractivity contribution in [2.24, 2.45) is 0 Å². The second-order valence-corrected chi connectivity index (χ2v) is 5.00. The third-order valence-electron chi connectivity index (χ3n) is 3.17. The third kappa shape index (κ3) is 3.10. The standard InChI is InChI=1S/C15H17N3O3/c1-17(2)13(19)9-18(3)14-11(15(20)21)8-10-6-4-5-7-12(10)16-14/h4-8H,9H2,1-3H3,(H,20,21). The number of carbonyl (C=O) groups is 2. The molecule has 0 spiro atoms. The number of amides is 1. The maximum Gasteiger partial charge on any atom is 0.339 e. The Bertz CT molecular complexity index is 698. The Balaban J connectivity index is 2.47. The van der Waals surface area contributed by atoms with E-state index in [1.165, 1.54) is 4.90 Å². The Labute approximate surface area is 122 Å². The van der Waals surface area contributed by atoms with Crippen molar-refractivity contribution in [3.63, 3.8) is 0 Å². The van der Waals surface area contributed by atoms with Gasteiger partial charge in [0.05, 0.1) is 12.1 Å². The summed E-state index contributed by atoms with van der Waals surface area (Å²) < 4.78 is 0. The average Bonchev–Trinajstić information content (AvgIpc) is 2.45. The molecule has 0 fully saturated rings. The molecule has 6 heteroatoms. The first-order chi connectivity index (χ1) is 9.90. The Morgan fingerprint density at radius 1 is 1.19 bits per heavy atom. The summed E-state index contributed by atoms with van der Waals surface area (Å²) in [4.78, 5) is 30.6. The van der Waals surface area contributed by atoms with E-state index in [2.05, 4.69) is 4.98 Å². The van der Waals surface area contributed by atoms with Crippen molar-refractivity contribution in [3.8, 4) is 0 Å². The van der Waals surface area contributed by atoms with Gasteiger partial charge in [-0.25, -0.2) is 9.78 Å². The van der Waals surface area contributed by atoms with Crippen LogP contribution in [0.15, 0.2) is 30.3 Å². The summed E-state index contributed by atoms with van der Waals surface area (Å²) in [6.07, 6.45) is 0. The highest BCUT2D eigenvalue weighted by Gasteiger charge is 2.19. The number of anilines is 1. The summed E-state index contributed by atoms with van der Waals surface area (Å²) in [6.45, 7) is 0.0681. The molecule has 0 aliphatic heterocycles. The predicted molar refractivity (Wildman–Crippen MR) is 80.7 cm³/mol. The summed E-state index contributed by atoms with van der Waals surface area (Å²) in [5.74, 6) is -0.896. The van der Waals surface area contributed by atoms with Crippen LogP contribution in [0.4, 0.5) is 5.82 Å². The van der Waals surface area contributed by atoms with Gasteiger partial charge >= 0.3 is 5.97 Å². The van der Waals surface area contributed by atoms with E-state index >= 15 is 0 Å². The number of para-hydroxylation sites is 1. The number of carboxylic acid groups (broad SMARTS) is 1. The van der Waals surface area contributed by atoms with Crippen LogP contribution >= 0.6 is 0 Å². The van der Waals surface area contributed by atoms with Gasteiger partial charge < -0.3 is 14.9 Å². The topological polar surface area (TPSA) is 73.7 Å². The van der Waals surface area contributed by atoms with Crippen molar-refractivity contribution < 1.29 is 14.7 Å². The van der Waals surface area contributed by atoms with Gasteiger partial charge in [0, 0.05) is 26.5 Å². The van der Waals surface area contributed by atoms with Gasteiger partial charge in [0.15, 0.2) is 0 Å². The molecule has 1 aromatic carbocycles. The molecule has 0 atom stereocenters. The van der Waals surface area contributed by atoms with E-state index in [0.29, 0.717) is 5.52 Å². The fraction of sp³-hybridized carbons (Fsp3) is 0.267. The lowest BCUT2D eigenvalue weighted by Crippen LogP contribution is -2.35. The van der Waals surface area contributed by atoms with E-state index in [-0.39, 0.29) is 23.8 Å². The molecule has 0 unspecified atom stereocenters. The van der Waals surface area contributed by atoms with Gasteiger partial charge in [-0.2, -0.15) is 0 Å². The van der Waals surface area contributed by atoms with Gasteiger partial charge in [0.25, 0.3) is 0 Å². The molecule has 0 aliphatic carbocycles. The second-order valence-electron chi connectivity index (χ2n) is 5.00. The number of aromatic carboxylic acids is 1. The zero-order valence-electron chi connectivity index (χ0n) is 12.2. The van der Waals surface area contributed by atoms with Crippen LogP contribution in [0.3, 0.4) is 0 Å². The van der Waals surface area contributed by atoms with Gasteiger partial charge in [-0.3, -0.25) is 4.79 Å². The van der Waals surface area contributed by atoms with Crippen molar-refractivity contribution in [3.05, 3.63) is 35.9 Å². The SMILES string of the molecule is CN(C)C(=O)CN(C)c1nc2ccccc2cc1C(=O)O. The Morgan fingerprint density at radius 3 is 2.48 bits per heavy atom. The summed E-state index contributed by atoms with van der Waals surface area (Å²) in [5, 5.41) is 10.1. The van der Waals surface area contributed by atoms with Crippen LogP contribution in [-0.2, 0) is 4.79 Å². The Kier molecular flexibility index (Phi) is 4.07. The normalized spacial score (nSPS) is 10.4. The van der Waals surface area contributed by atoms with E-state index in [0.717, 1.165) is 5.39 Å². The number of hydrogen-bond acceptors (Lipinski definition) is 4. The number of pyridine rings is 1. The summed E-state index contributed by atoms with van der Waals surface area (Å²) >= 11 is 0. The van der Waals surface area contributed by atoms with Crippen molar-refractivity contribution >= 4 is 28.6 Å². The molecule has 2 rings (SSSR count). The highest BCUT2D eigenvalue weighted by molar-refractivity contribution is 5.98. The number of carbonyl (C=O) groups excluding carboxylic acids is 1.